The molecule has 1 heterocycles. The van der Waals surface area contributed by atoms with Gasteiger partial charge in [0.2, 0.25) is 0 Å². The highest BCUT2D eigenvalue weighted by molar-refractivity contribution is 6.47. The first-order chi connectivity index (χ1) is 6.66. The molecule has 0 spiro atoms. The third-order valence-electron chi connectivity index (χ3n) is 3.36. The van der Waals surface area contributed by atoms with Crippen molar-refractivity contribution in [2.75, 3.05) is 0 Å². The molecule has 1 fully saturated rings. The summed E-state index contributed by atoms with van der Waals surface area (Å²) < 4.78 is 11.8. The van der Waals surface area contributed by atoms with Crippen molar-refractivity contribution in [1.82, 2.24) is 0 Å². The lowest BCUT2D eigenvalue weighted by Gasteiger charge is -2.32. The average Bonchev–Trinajstić information content (AvgIpc) is 2.20. The normalized spacial score (nSPS) is 24.4. The fourth-order valence-electron chi connectivity index (χ4n) is 1.72. The van der Waals surface area contributed by atoms with Gasteiger partial charge in [0.15, 0.2) is 0 Å². The summed E-state index contributed by atoms with van der Waals surface area (Å²) in [6, 6.07) is 0. The molecule has 3 nitrogen and oxygen atoms in total. The van der Waals surface area contributed by atoms with Crippen LogP contribution in [0, 0.1) is 5.92 Å². The molecule has 0 aromatic rings. The Balaban J connectivity index is 0.00000225. The van der Waals surface area contributed by atoms with Gasteiger partial charge in [-0.2, -0.15) is 0 Å². The van der Waals surface area contributed by atoms with E-state index in [1.165, 1.54) is 0 Å². The van der Waals surface area contributed by atoms with Crippen LogP contribution in [0.5, 0.6) is 0 Å². The topological polar surface area (TPSA) is 44.5 Å². The minimum Gasteiger partial charge on any atom is -0.402 e. The molecule has 1 atom stereocenters. The maximum atomic E-state index is 6.07. The monoisotopic (exact) mass is 249 g/mol. The zero-order valence-corrected chi connectivity index (χ0v) is 12.1. The van der Waals surface area contributed by atoms with Gasteiger partial charge in [-0.05, 0) is 40.0 Å². The number of hydrogen-bond acceptors (Lipinski definition) is 3. The Morgan fingerprint density at radius 3 is 1.75 bits per heavy atom. The highest BCUT2D eigenvalue weighted by Gasteiger charge is 2.52. The largest absolute Gasteiger partial charge is 0.475 e. The molecule has 96 valence electrons. The first-order valence-corrected chi connectivity index (χ1v) is 5.77. The van der Waals surface area contributed by atoms with Crippen molar-refractivity contribution in [2.45, 2.75) is 65.1 Å². The summed E-state index contributed by atoms with van der Waals surface area (Å²) in [6.07, 6.45) is 0.927. The molecule has 16 heavy (non-hydrogen) atoms. The van der Waals surface area contributed by atoms with Crippen molar-refractivity contribution < 1.29 is 9.31 Å². The Bertz CT molecular complexity index is 218. The fraction of sp³-hybridized carbons (Fsp3) is 1.00. The molecule has 1 aliphatic rings. The highest BCUT2D eigenvalue weighted by atomic mass is 35.5. The minimum atomic E-state index is -0.272. The molecule has 0 radical (unpaired) electrons. The first kappa shape index (κ1) is 16.2. The summed E-state index contributed by atoms with van der Waals surface area (Å²) in [5.41, 5.74) is 5.53. The van der Waals surface area contributed by atoms with Gasteiger partial charge in [-0.3, -0.25) is 0 Å². The van der Waals surface area contributed by atoms with Gasteiger partial charge in [0.1, 0.15) is 0 Å². The van der Waals surface area contributed by atoms with Crippen molar-refractivity contribution in [3.63, 3.8) is 0 Å². The SMILES string of the molecule is CC(C)C[C@@H](N)B1OC(C)(C)C(C)(C)O1.Cl. The molecule has 1 saturated heterocycles. The summed E-state index contributed by atoms with van der Waals surface area (Å²) in [7, 11) is -0.266. The zero-order chi connectivity index (χ0) is 11.9. The van der Waals surface area contributed by atoms with E-state index in [1.54, 1.807) is 0 Å². The maximum absolute atomic E-state index is 6.07. The lowest BCUT2D eigenvalue weighted by Crippen LogP contribution is -2.42. The van der Waals surface area contributed by atoms with Crippen LogP contribution in [0.4, 0.5) is 0 Å². The lowest BCUT2D eigenvalue weighted by atomic mass is 9.75. The molecule has 1 aliphatic heterocycles. The quantitative estimate of drug-likeness (QED) is 0.781. The third kappa shape index (κ3) is 3.36. The van der Waals surface area contributed by atoms with E-state index >= 15 is 0 Å². The van der Waals surface area contributed by atoms with Crippen LogP contribution in [0.2, 0.25) is 0 Å². The van der Waals surface area contributed by atoms with E-state index in [9.17, 15) is 0 Å². The Morgan fingerprint density at radius 1 is 1.06 bits per heavy atom. The van der Waals surface area contributed by atoms with Gasteiger partial charge >= 0.3 is 7.12 Å². The van der Waals surface area contributed by atoms with Gasteiger partial charge in [0, 0.05) is 5.94 Å². The molecule has 0 bridgehead atoms. The van der Waals surface area contributed by atoms with Crippen molar-refractivity contribution in [3.05, 3.63) is 0 Å². The second-order valence-electron chi connectivity index (χ2n) is 5.92. The van der Waals surface area contributed by atoms with Gasteiger partial charge in [-0.25, -0.2) is 0 Å². The fourth-order valence-corrected chi connectivity index (χ4v) is 1.72. The van der Waals surface area contributed by atoms with E-state index in [4.69, 9.17) is 15.0 Å². The van der Waals surface area contributed by atoms with Crippen molar-refractivity contribution in [2.24, 2.45) is 11.7 Å². The summed E-state index contributed by atoms with van der Waals surface area (Å²) in [5.74, 6) is 0.532. The van der Waals surface area contributed by atoms with Crippen LogP contribution in [0.15, 0.2) is 0 Å². The van der Waals surface area contributed by atoms with Crippen LogP contribution >= 0.6 is 12.4 Å². The van der Waals surface area contributed by atoms with E-state index in [-0.39, 0.29) is 36.7 Å². The number of halogens is 1. The van der Waals surface area contributed by atoms with E-state index in [0.29, 0.717) is 5.92 Å². The molecule has 0 aliphatic carbocycles. The predicted octanol–water partition coefficient (Wildman–Crippen LogP) is 2.41. The Labute approximate surface area is 106 Å². The second kappa shape index (κ2) is 5.26. The van der Waals surface area contributed by atoms with Crippen molar-refractivity contribution in [3.8, 4) is 0 Å². The van der Waals surface area contributed by atoms with Gasteiger partial charge in [-0.15, -0.1) is 12.4 Å². The smallest absolute Gasteiger partial charge is 0.402 e. The zero-order valence-electron chi connectivity index (χ0n) is 11.2. The van der Waals surface area contributed by atoms with Gasteiger partial charge < -0.3 is 15.0 Å². The third-order valence-corrected chi connectivity index (χ3v) is 3.36. The maximum Gasteiger partial charge on any atom is 0.475 e. The van der Waals surface area contributed by atoms with E-state index < -0.39 is 0 Å². The van der Waals surface area contributed by atoms with E-state index in [0.717, 1.165) is 6.42 Å². The summed E-state index contributed by atoms with van der Waals surface area (Å²) in [5, 5.41) is 0. The Hall–Kier alpha value is 0.235. The Kier molecular flexibility index (Phi) is 5.33. The van der Waals surface area contributed by atoms with E-state index in [1.807, 2.05) is 0 Å². The van der Waals surface area contributed by atoms with Crippen molar-refractivity contribution in [1.29, 1.82) is 0 Å². The number of nitrogens with two attached hydrogens (primary N) is 1. The van der Waals surface area contributed by atoms with Crippen LogP contribution in [0.3, 0.4) is 0 Å². The minimum absolute atomic E-state index is 0. The van der Waals surface area contributed by atoms with Crippen LogP contribution in [-0.2, 0) is 9.31 Å². The summed E-state index contributed by atoms with van der Waals surface area (Å²) in [6.45, 7) is 12.5. The standard InChI is InChI=1S/C11H24BNO2.ClH/c1-8(2)7-9(13)12-14-10(3,4)11(5,6)15-12;/h8-9H,7,13H2,1-6H3;1H/t9-;/m1./s1. The van der Waals surface area contributed by atoms with Gasteiger partial charge in [0.25, 0.3) is 0 Å². The van der Waals surface area contributed by atoms with E-state index in [2.05, 4.69) is 41.5 Å². The first-order valence-electron chi connectivity index (χ1n) is 5.77. The lowest BCUT2D eigenvalue weighted by molar-refractivity contribution is 0.00578. The molecule has 0 aromatic carbocycles. The molecule has 0 saturated carbocycles. The molecule has 0 unspecified atom stereocenters. The predicted molar refractivity (Wildman–Crippen MR) is 70.8 cm³/mol. The van der Waals surface area contributed by atoms with Gasteiger partial charge in [-0.1, -0.05) is 13.8 Å². The van der Waals surface area contributed by atoms with Gasteiger partial charge in [0.05, 0.1) is 11.2 Å². The number of rotatable bonds is 3. The average molecular weight is 250 g/mol. The van der Waals surface area contributed by atoms with Crippen molar-refractivity contribution >= 4 is 19.5 Å². The summed E-state index contributed by atoms with van der Waals surface area (Å²) in [4.78, 5) is 0. The molecule has 0 amide bonds. The van der Waals surface area contributed by atoms with Crippen LogP contribution < -0.4 is 5.73 Å². The molecular weight excluding hydrogens is 224 g/mol. The van der Waals surface area contributed by atoms with Crippen LogP contribution in [0.1, 0.15) is 48.0 Å². The van der Waals surface area contributed by atoms with Crippen LogP contribution in [-0.4, -0.2) is 24.3 Å². The Morgan fingerprint density at radius 2 is 1.44 bits per heavy atom. The highest BCUT2D eigenvalue weighted by Crippen LogP contribution is 2.37. The second-order valence-corrected chi connectivity index (χ2v) is 5.92. The molecule has 0 aromatic heterocycles. The van der Waals surface area contributed by atoms with Crippen LogP contribution in [0.25, 0.3) is 0 Å². The summed E-state index contributed by atoms with van der Waals surface area (Å²) >= 11 is 0. The molecule has 1 rings (SSSR count). The molecular formula is C11H25BClNO2. The number of hydrogen-bond donors (Lipinski definition) is 1. The molecule has 2 N–H and O–H groups in total. The molecule has 5 heteroatoms.